The summed E-state index contributed by atoms with van der Waals surface area (Å²) < 4.78 is 0.959. The molecule has 6 nitrogen and oxygen atoms in total. The molecule has 1 saturated heterocycles. The second-order valence-corrected chi connectivity index (χ2v) is 8.18. The zero-order valence-electron chi connectivity index (χ0n) is 16.4. The molecular formula is C21H28N4O2S. The first-order valence-corrected chi connectivity index (χ1v) is 10.5. The summed E-state index contributed by atoms with van der Waals surface area (Å²) in [6.07, 6.45) is 9.37. The fourth-order valence-corrected chi connectivity index (χ4v) is 4.53. The van der Waals surface area contributed by atoms with E-state index in [0.29, 0.717) is 18.9 Å². The number of para-hydroxylation sites is 1. The van der Waals surface area contributed by atoms with Gasteiger partial charge in [0.2, 0.25) is 5.91 Å². The molecule has 0 saturated carbocycles. The Kier molecular flexibility index (Phi) is 6.70. The number of H-pyrrole nitrogens is 1. The Balaban J connectivity index is 1.85. The number of aromatic nitrogens is 1. The fourth-order valence-electron chi connectivity index (χ4n) is 3.78. The number of benzene rings is 1. The van der Waals surface area contributed by atoms with Crippen molar-refractivity contribution in [2.24, 2.45) is 5.73 Å². The first-order valence-electron chi connectivity index (χ1n) is 9.70. The molecule has 3 N–H and O–H groups in total. The Morgan fingerprint density at radius 1 is 1.39 bits per heavy atom. The Hall–Kier alpha value is -2.38. The minimum absolute atomic E-state index is 0.0440. The molecule has 0 bridgehead atoms. The highest BCUT2D eigenvalue weighted by Gasteiger charge is 2.30. The first kappa shape index (κ1) is 20.4. The molecule has 3 rings (SSSR count). The molecule has 1 aliphatic heterocycles. The maximum Gasteiger partial charge on any atom is 0.305 e. The van der Waals surface area contributed by atoms with Gasteiger partial charge < -0.3 is 15.6 Å². The maximum atomic E-state index is 11.8. The predicted molar refractivity (Wildman–Crippen MR) is 117 cm³/mol. The van der Waals surface area contributed by atoms with Crippen LogP contribution >= 0.6 is 11.3 Å². The monoisotopic (exact) mass is 400 g/mol. The molecule has 2 heterocycles. The van der Waals surface area contributed by atoms with Crippen LogP contribution < -0.4 is 15.5 Å². The molecule has 0 aliphatic carbocycles. The van der Waals surface area contributed by atoms with Gasteiger partial charge >= 0.3 is 4.87 Å². The van der Waals surface area contributed by atoms with Crippen LogP contribution in [0.2, 0.25) is 0 Å². The minimum atomic E-state index is -0.278. The third-order valence-electron chi connectivity index (χ3n) is 5.25. The number of carbonyl (C=O) groups is 1. The lowest BCUT2D eigenvalue weighted by Gasteiger charge is -2.44. The number of amides is 1. The van der Waals surface area contributed by atoms with E-state index in [9.17, 15) is 9.59 Å². The van der Waals surface area contributed by atoms with E-state index in [1.807, 2.05) is 37.3 Å². The first-order chi connectivity index (χ1) is 13.5. The summed E-state index contributed by atoms with van der Waals surface area (Å²) in [5.74, 6) is -0.278. The van der Waals surface area contributed by atoms with E-state index >= 15 is 0 Å². The zero-order valence-corrected chi connectivity index (χ0v) is 17.2. The van der Waals surface area contributed by atoms with E-state index in [4.69, 9.17) is 5.73 Å². The second-order valence-electron chi connectivity index (χ2n) is 7.16. The van der Waals surface area contributed by atoms with Gasteiger partial charge in [-0.1, -0.05) is 41.7 Å². The van der Waals surface area contributed by atoms with Crippen LogP contribution in [0.3, 0.4) is 0 Å². The van der Waals surface area contributed by atoms with E-state index in [-0.39, 0.29) is 16.8 Å². The zero-order chi connectivity index (χ0) is 20.1. The summed E-state index contributed by atoms with van der Waals surface area (Å²) in [7, 11) is 0. The van der Waals surface area contributed by atoms with Crippen LogP contribution in [0.25, 0.3) is 10.2 Å². The average molecular weight is 401 g/mol. The van der Waals surface area contributed by atoms with E-state index in [2.05, 4.69) is 33.9 Å². The van der Waals surface area contributed by atoms with E-state index in [1.54, 1.807) is 0 Å². The lowest BCUT2D eigenvalue weighted by molar-refractivity contribution is -0.118. The van der Waals surface area contributed by atoms with Crippen molar-refractivity contribution < 1.29 is 4.79 Å². The Bertz CT molecular complexity index is 930. The highest BCUT2D eigenvalue weighted by atomic mass is 32.1. The number of nitrogens with one attached hydrogen (secondary N) is 1. The molecule has 0 spiro atoms. The number of piperazine rings is 1. The molecule has 1 fully saturated rings. The van der Waals surface area contributed by atoms with Crippen LogP contribution in [-0.2, 0) is 4.79 Å². The molecule has 7 heteroatoms. The van der Waals surface area contributed by atoms with Gasteiger partial charge in [-0.3, -0.25) is 14.5 Å². The lowest BCUT2D eigenvalue weighted by atomic mass is 10.0. The molecule has 2 aromatic rings. The second kappa shape index (κ2) is 9.21. The van der Waals surface area contributed by atoms with Crippen LogP contribution in [0, 0.1) is 0 Å². The van der Waals surface area contributed by atoms with Gasteiger partial charge in [-0.25, -0.2) is 0 Å². The third-order valence-corrected chi connectivity index (χ3v) is 6.10. The van der Waals surface area contributed by atoms with Crippen molar-refractivity contribution in [1.82, 2.24) is 9.88 Å². The van der Waals surface area contributed by atoms with E-state index in [1.165, 1.54) is 11.3 Å². The minimum Gasteiger partial charge on any atom is -0.370 e. The summed E-state index contributed by atoms with van der Waals surface area (Å²) in [6.45, 7) is 6.79. The largest absolute Gasteiger partial charge is 0.370 e. The maximum absolute atomic E-state index is 11.8. The number of thiazole rings is 1. The highest BCUT2D eigenvalue weighted by Crippen LogP contribution is 2.31. The van der Waals surface area contributed by atoms with Crippen LogP contribution in [-0.4, -0.2) is 47.5 Å². The number of nitrogens with zero attached hydrogens (tertiary/aromatic N) is 2. The van der Waals surface area contributed by atoms with Gasteiger partial charge in [0, 0.05) is 38.1 Å². The molecule has 0 radical (unpaired) electrons. The van der Waals surface area contributed by atoms with Crippen LogP contribution in [0.5, 0.6) is 0 Å². The topological polar surface area (TPSA) is 82.4 Å². The predicted octanol–water partition coefficient (Wildman–Crippen LogP) is 2.87. The van der Waals surface area contributed by atoms with Gasteiger partial charge in [-0.15, -0.1) is 0 Å². The smallest absolute Gasteiger partial charge is 0.305 e. The number of hydrogen-bond donors (Lipinski definition) is 2. The van der Waals surface area contributed by atoms with Crippen molar-refractivity contribution in [2.45, 2.75) is 38.8 Å². The number of nitrogens with two attached hydrogens (primary N) is 1. The normalized spacial score (nSPS) is 19.8. The van der Waals surface area contributed by atoms with Crippen molar-refractivity contribution in [1.29, 1.82) is 0 Å². The van der Waals surface area contributed by atoms with Crippen LogP contribution in [0.15, 0.2) is 47.3 Å². The molecule has 2 unspecified atom stereocenters. The number of rotatable bonds is 7. The molecule has 150 valence electrons. The summed E-state index contributed by atoms with van der Waals surface area (Å²) in [5, 5.41) is 0. The number of aromatic amines is 1. The summed E-state index contributed by atoms with van der Waals surface area (Å²) >= 11 is 1.23. The van der Waals surface area contributed by atoms with Crippen LogP contribution in [0.4, 0.5) is 5.69 Å². The molecule has 1 aromatic carbocycles. The highest BCUT2D eigenvalue weighted by molar-refractivity contribution is 7.16. The van der Waals surface area contributed by atoms with Gasteiger partial charge in [-0.2, -0.15) is 0 Å². The number of fused-ring (bicyclic) bond motifs is 1. The summed E-state index contributed by atoms with van der Waals surface area (Å²) in [5.41, 5.74) is 7.34. The third kappa shape index (κ3) is 4.72. The fraction of sp³-hybridized carbons (Fsp3) is 0.429. The van der Waals surface area contributed by atoms with Crippen molar-refractivity contribution in [3.8, 4) is 0 Å². The van der Waals surface area contributed by atoms with Gasteiger partial charge in [0.1, 0.15) is 0 Å². The van der Waals surface area contributed by atoms with Gasteiger partial charge in [-0.05, 0) is 32.4 Å². The molecule has 28 heavy (non-hydrogen) atoms. The number of primary amides is 1. The Morgan fingerprint density at radius 3 is 2.96 bits per heavy atom. The quantitative estimate of drug-likeness (QED) is 0.700. The van der Waals surface area contributed by atoms with Crippen molar-refractivity contribution in [2.75, 3.05) is 24.5 Å². The Labute approximate surface area is 169 Å². The molecule has 1 aliphatic rings. The average Bonchev–Trinajstić information content (AvgIpc) is 3.06. The summed E-state index contributed by atoms with van der Waals surface area (Å²) in [4.78, 5) is 31.0. The van der Waals surface area contributed by atoms with Gasteiger partial charge in [0.15, 0.2) is 0 Å². The van der Waals surface area contributed by atoms with Gasteiger partial charge in [0.25, 0.3) is 0 Å². The number of anilines is 1. The van der Waals surface area contributed by atoms with Crippen LogP contribution in [0.1, 0.15) is 26.7 Å². The lowest BCUT2D eigenvalue weighted by Crippen LogP contribution is -2.55. The number of hydrogen-bond acceptors (Lipinski definition) is 5. The molecular weight excluding hydrogens is 372 g/mol. The summed E-state index contributed by atoms with van der Waals surface area (Å²) in [6, 6.07) is 6.47. The SMILES string of the molecule is C/C=C\C=C/C(C)N1CCN(c2cccc3sc(=O)[nH]c23)C(CCC(N)=O)C1. The van der Waals surface area contributed by atoms with Crippen molar-refractivity contribution >= 4 is 33.1 Å². The number of carbonyl (C=O) groups excluding carboxylic acids is 1. The molecule has 1 amide bonds. The van der Waals surface area contributed by atoms with E-state index in [0.717, 1.165) is 35.5 Å². The van der Waals surface area contributed by atoms with E-state index < -0.39 is 0 Å². The molecule has 2 atom stereocenters. The standard InChI is InChI=1S/C21H28N4O2S/c1-3-4-5-7-15(2)24-12-13-25(16(14-24)10-11-19(22)26)17-8-6-9-18-20(17)23-21(27)28-18/h3-9,15-16H,10-14H2,1-2H3,(H2,22,26)(H,23,27)/b4-3-,7-5-. The number of allylic oxidation sites excluding steroid dienone is 3. The van der Waals surface area contributed by atoms with Crippen molar-refractivity contribution in [3.63, 3.8) is 0 Å². The molecule has 1 aromatic heterocycles. The van der Waals surface area contributed by atoms with Crippen molar-refractivity contribution in [3.05, 3.63) is 52.2 Å². The Morgan fingerprint density at radius 2 is 2.21 bits per heavy atom. The van der Waals surface area contributed by atoms with Gasteiger partial charge in [0.05, 0.1) is 15.9 Å².